The summed E-state index contributed by atoms with van der Waals surface area (Å²) in [7, 11) is -2.84. The molecule has 6 nitrogen and oxygen atoms in total. The standard InChI is InChI=1S/C16H24N4O2S/c21-23(22)11-1-2-14(23)12-19-7-9-20(10-8-19)15-5-6-17-16(18-15)13-3-4-13/h5-6,13-14H,1-4,7-12H2. The zero-order chi connectivity index (χ0) is 15.9. The Hall–Kier alpha value is -1.21. The number of sulfone groups is 1. The lowest BCUT2D eigenvalue weighted by Crippen LogP contribution is -2.49. The Kier molecular flexibility index (Phi) is 4.01. The van der Waals surface area contributed by atoms with Crippen molar-refractivity contribution in [2.45, 2.75) is 36.9 Å². The van der Waals surface area contributed by atoms with Crippen LogP contribution in [0.5, 0.6) is 0 Å². The number of piperazine rings is 1. The van der Waals surface area contributed by atoms with Crippen molar-refractivity contribution in [2.24, 2.45) is 0 Å². The topological polar surface area (TPSA) is 66.4 Å². The van der Waals surface area contributed by atoms with E-state index in [4.69, 9.17) is 4.98 Å². The SMILES string of the molecule is O=S1(=O)CCCC1CN1CCN(c2ccnc(C3CC3)n2)CC1. The van der Waals surface area contributed by atoms with Crippen molar-refractivity contribution in [1.82, 2.24) is 14.9 Å². The van der Waals surface area contributed by atoms with E-state index >= 15 is 0 Å². The molecule has 1 aliphatic carbocycles. The highest BCUT2D eigenvalue weighted by Gasteiger charge is 2.33. The van der Waals surface area contributed by atoms with Crippen molar-refractivity contribution in [3.63, 3.8) is 0 Å². The van der Waals surface area contributed by atoms with E-state index < -0.39 is 9.84 Å². The lowest BCUT2D eigenvalue weighted by atomic mass is 10.2. The smallest absolute Gasteiger partial charge is 0.154 e. The molecule has 1 unspecified atom stereocenters. The molecule has 0 radical (unpaired) electrons. The Morgan fingerprint density at radius 1 is 1.13 bits per heavy atom. The Morgan fingerprint density at radius 2 is 1.91 bits per heavy atom. The van der Waals surface area contributed by atoms with Gasteiger partial charge in [0.1, 0.15) is 11.6 Å². The number of hydrogen-bond acceptors (Lipinski definition) is 6. The third-order valence-electron chi connectivity index (χ3n) is 5.22. The van der Waals surface area contributed by atoms with Gasteiger partial charge in [-0.25, -0.2) is 18.4 Å². The van der Waals surface area contributed by atoms with Gasteiger partial charge in [0.2, 0.25) is 0 Å². The van der Waals surface area contributed by atoms with Crippen LogP contribution in [0.2, 0.25) is 0 Å². The quantitative estimate of drug-likeness (QED) is 0.819. The predicted molar refractivity (Wildman–Crippen MR) is 89.5 cm³/mol. The molecule has 7 heteroatoms. The fourth-order valence-electron chi connectivity index (χ4n) is 3.59. The van der Waals surface area contributed by atoms with E-state index in [1.54, 1.807) is 0 Å². The molecule has 0 aromatic carbocycles. The minimum absolute atomic E-state index is 0.144. The molecule has 4 rings (SSSR count). The first-order chi connectivity index (χ1) is 11.1. The maximum absolute atomic E-state index is 12.0. The molecule has 0 amide bonds. The van der Waals surface area contributed by atoms with Gasteiger partial charge in [-0.2, -0.15) is 0 Å². The molecule has 2 saturated heterocycles. The Bertz CT molecular complexity index is 666. The molecule has 0 spiro atoms. The van der Waals surface area contributed by atoms with Gasteiger partial charge in [0.15, 0.2) is 9.84 Å². The van der Waals surface area contributed by atoms with Crippen molar-refractivity contribution in [3.05, 3.63) is 18.1 Å². The molecule has 3 heterocycles. The van der Waals surface area contributed by atoms with Crippen LogP contribution in [0.1, 0.15) is 37.4 Å². The average molecular weight is 336 g/mol. The van der Waals surface area contributed by atoms with E-state index in [9.17, 15) is 8.42 Å². The number of aromatic nitrogens is 2. The second-order valence-corrected chi connectivity index (χ2v) is 9.37. The van der Waals surface area contributed by atoms with Crippen LogP contribution in [-0.4, -0.2) is 67.0 Å². The van der Waals surface area contributed by atoms with Gasteiger partial charge in [-0.05, 0) is 31.7 Å². The highest BCUT2D eigenvalue weighted by molar-refractivity contribution is 7.92. The van der Waals surface area contributed by atoms with Gasteiger partial charge in [-0.15, -0.1) is 0 Å². The average Bonchev–Trinajstić information content (AvgIpc) is 3.35. The van der Waals surface area contributed by atoms with Crippen LogP contribution in [0, 0.1) is 0 Å². The fraction of sp³-hybridized carbons (Fsp3) is 0.750. The van der Waals surface area contributed by atoms with Crippen LogP contribution in [0.4, 0.5) is 5.82 Å². The monoisotopic (exact) mass is 336 g/mol. The normalized spacial score (nSPS) is 28.2. The second-order valence-electron chi connectivity index (χ2n) is 6.97. The van der Waals surface area contributed by atoms with Gasteiger partial charge in [-0.1, -0.05) is 0 Å². The van der Waals surface area contributed by atoms with Crippen molar-refractivity contribution < 1.29 is 8.42 Å². The summed E-state index contributed by atoms with van der Waals surface area (Å²) in [6, 6.07) is 1.99. The van der Waals surface area contributed by atoms with E-state index in [2.05, 4.69) is 14.8 Å². The largest absolute Gasteiger partial charge is 0.354 e. The summed E-state index contributed by atoms with van der Waals surface area (Å²) in [5, 5.41) is -0.144. The number of nitrogens with zero attached hydrogens (tertiary/aromatic N) is 4. The van der Waals surface area contributed by atoms with Crippen molar-refractivity contribution >= 4 is 15.7 Å². The minimum atomic E-state index is -2.84. The molecule has 1 atom stereocenters. The van der Waals surface area contributed by atoms with E-state index in [1.165, 1.54) is 12.8 Å². The Balaban J connectivity index is 1.35. The first-order valence-corrected chi connectivity index (χ1v) is 10.4. The highest BCUT2D eigenvalue weighted by Crippen LogP contribution is 2.38. The summed E-state index contributed by atoms with van der Waals surface area (Å²) < 4.78 is 23.9. The first-order valence-electron chi connectivity index (χ1n) is 8.64. The van der Waals surface area contributed by atoms with Crippen molar-refractivity contribution in [1.29, 1.82) is 0 Å². The number of rotatable bonds is 4. The van der Waals surface area contributed by atoms with Gasteiger partial charge >= 0.3 is 0 Å². The van der Waals surface area contributed by atoms with Gasteiger partial charge in [0.25, 0.3) is 0 Å². The van der Waals surface area contributed by atoms with Crippen LogP contribution in [0.25, 0.3) is 0 Å². The third kappa shape index (κ3) is 3.35. The lowest BCUT2D eigenvalue weighted by Gasteiger charge is -2.36. The first kappa shape index (κ1) is 15.3. The summed E-state index contributed by atoms with van der Waals surface area (Å²) >= 11 is 0. The summed E-state index contributed by atoms with van der Waals surface area (Å²) in [6.07, 6.45) is 5.96. The number of hydrogen-bond donors (Lipinski definition) is 0. The predicted octanol–water partition coefficient (Wildman–Crippen LogP) is 1.05. The molecule has 1 aromatic heterocycles. The van der Waals surface area contributed by atoms with E-state index in [0.717, 1.165) is 50.7 Å². The van der Waals surface area contributed by atoms with Crippen molar-refractivity contribution in [3.8, 4) is 0 Å². The van der Waals surface area contributed by atoms with E-state index in [0.29, 0.717) is 18.2 Å². The molecular formula is C16H24N4O2S. The van der Waals surface area contributed by atoms with Crippen LogP contribution in [0.3, 0.4) is 0 Å². The minimum Gasteiger partial charge on any atom is -0.354 e. The van der Waals surface area contributed by atoms with Gasteiger partial charge in [0.05, 0.1) is 11.0 Å². The van der Waals surface area contributed by atoms with Gasteiger partial charge in [0, 0.05) is 44.8 Å². The van der Waals surface area contributed by atoms with Gasteiger partial charge in [-0.3, -0.25) is 4.90 Å². The zero-order valence-corrected chi connectivity index (χ0v) is 14.2. The van der Waals surface area contributed by atoms with Crippen LogP contribution >= 0.6 is 0 Å². The lowest BCUT2D eigenvalue weighted by molar-refractivity contribution is 0.255. The van der Waals surface area contributed by atoms with Crippen molar-refractivity contribution in [2.75, 3.05) is 43.4 Å². The number of anilines is 1. The molecule has 1 aromatic rings. The zero-order valence-electron chi connectivity index (χ0n) is 13.4. The Morgan fingerprint density at radius 3 is 2.57 bits per heavy atom. The molecule has 2 aliphatic heterocycles. The molecule has 3 fully saturated rings. The summed E-state index contributed by atoms with van der Waals surface area (Å²) in [6.45, 7) is 4.35. The van der Waals surface area contributed by atoms with E-state index in [-0.39, 0.29) is 5.25 Å². The molecule has 0 bridgehead atoms. The highest BCUT2D eigenvalue weighted by atomic mass is 32.2. The second kappa shape index (κ2) is 6.02. The maximum Gasteiger partial charge on any atom is 0.154 e. The molecule has 0 N–H and O–H groups in total. The molecule has 126 valence electrons. The van der Waals surface area contributed by atoms with E-state index in [1.807, 2.05) is 12.3 Å². The summed E-state index contributed by atoms with van der Waals surface area (Å²) in [5.41, 5.74) is 0. The molecule has 1 saturated carbocycles. The maximum atomic E-state index is 12.0. The molecule has 3 aliphatic rings. The van der Waals surface area contributed by atoms with Crippen LogP contribution < -0.4 is 4.90 Å². The summed E-state index contributed by atoms with van der Waals surface area (Å²) in [5.74, 6) is 2.96. The van der Waals surface area contributed by atoms with Gasteiger partial charge < -0.3 is 4.90 Å². The fourth-order valence-corrected chi connectivity index (χ4v) is 5.46. The molecule has 23 heavy (non-hydrogen) atoms. The Labute approximate surface area is 137 Å². The van der Waals surface area contributed by atoms with Crippen LogP contribution in [0.15, 0.2) is 12.3 Å². The third-order valence-corrected chi connectivity index (χ3v) is 7.48. The molecular weight excluding hydrogens is 312 g/mol. The van der Waals surface area contributed by atoms with Crippen LogP contribution in [-0.2, 0) is 9.84 Å². The summed E-state index contributed by atoms with van der Waals surface area (Å²) in [4.78, 5) is 13.7.